The van der Waals surface area contributed by atoms with E-state index in [1.54, 1.807) is 0 Å². The molecular formula is C8H15+. The van der Waals surface area contributed by atoms with Crippen molar-refractivity contribution in [1.82, 2.24) is 0 Å². The zero-order valence-electron chi connectivity index (χ0n) is 5.69. The molecule has 0 aromatic rings. The minimum Gasteiger partial charge on any atom is -0.0654 e. The highest BCUT2D eigenvalue weighted by molar-refractivity contribution is 4.79. The van der Waals surface area contributed by atoms with Crippen molar-refractivity contribution in [3.8, 4) is 0 Å². The molecule has 0 N–H and O–H groups in total. The molecule has 0 aromatic heterocycles. The van der Waals surface area contributed by atoms with Crippen LogP contribution in [-0.2, 0) is 0 Å². The van der Waals surface area contributed by atoms with E-state index in [-0.39, 0.29) is 0 Å². The van der Waals surface area contributed by atoms with Gasteiger partial charge in [-0.25, -0.2) is 0 Å². The van der Waals surface area contributed by atoms with Crippen LogP contribution in [0.2, 0.25) is 0 Å². The molecule has 0 nitrogen and oxygen atoms in total. The molecule has 1 rings (SSSR count). The lowest BCUT2D eigenvalue weighted by molar-refractivity contribution is 0.502. The third kappa shape index (κ3) is 1.43. The first-order valence-corrected chi connectivity index (χ1v) is 3.75. The van der Waals surface area contributed by atoms with Gasteiger partial charge in [0.25, 0.3) is 0 Å². The van der Waals surface area contributed by atoms with Crippen molar-refractivity contribution in [3.63, 3.8) is 0 Å². The fourth-order valence-corrected chi connectivity index (χ4v) is 1.50. The van der Waals surface area contributed by atoms with Gasteiger partial charge in [0.05, 0.1) is 19.3 Å². The third-order valence-electron chi connectivity index (χ3n) is 1.98. The van der Waals surface area contributed by atoms with Crippen molar-refractivity contribution in [3.05, 3.63) is 6.42 Å². The predicted octanol–water partition coefficient (Wildman–Crippen LogP) is 2.79. The van der Waals surface area contributed by atoms with Crippen LogP contribution in [0.1, 0.15) is 39.0 Å². The van der Waals surface area contributed by atoms with Crippen LogP contribution in [0.5, 0.6) is 0 Å². The van der Waals surface area contributed by atoms with E-state index >= 15 is 0 Å². The number of hydrogen-bond donors (Lipinski definition) is 0. The maximum atomic E-state index is 2.43. The Bertz CT molecular complexity index is 51.1. The van der Waals surface area contributed by atoms with Gasteiger partial charge in [-0.15, -0.1) is 0 Å². The summed E-state index contributed by atoms with van der Waals surface area (Å²) in [4.78, 5) is 0. The second-order valence-corrected chi connectivity index (χ2v) is 2.76. The minimum atomic E-state index is 1.06. The summed E-state index contributed by atoms with van der Waals surface area (Å²) < 4.78 is 0. The van der Waals surface area contributed by atoms with Crippen molar-refractivity contribution in [2.75, 3.05) is 0 Å². The molecule has 0 amide bonds. The Labute approximate surface area is 52.3 Å². The van der Waals surface area contributed by atoms with Crippen LogP contribution in [0.4, 0.5) is 0 Å². The molecule has 0 heterocycles. The Morgan fingerprint density at radius 2 is 2.50 bits per heavy atom. The molecule has 0 aliphatic heterocycles. The first-order valence-electron chi connectivity index (χ1n) is 3.75. The first-order chi connectivity index (χ1) is 3.93. The van der Waals surface area contributed by atoms with Crippen LogP contribution < -0.4 is 0 Å². The normalized spacial score (nSPS) is 27.9. The summed E-state index contributed by atoms with van der Waals surface area (Å²) in [7, 11) is 0. The SMILES string of the molecule is CCCC1C[CH+]CC1. The summed E-state index contributed by atoms with van der Waals surface area (Å²) in [6.07, 6.45) is 9.50. The Kier molecular flexibility index (Phi) is 2.26. The molecule has 0 radical (unpaired) electrons. The predicted molar refractivity (Wildman–Crippen MR) is 36.5 cm³/mol. The van der Waals surface area contributed by atoms with Crippen LogP contribution >= 0.6 is 0 Å². The fraction of sp³-hybridized carbons (Fsp3) is 0.875. The van der Waals surface area contributed by atoms with Gasteiger partial charge in [0, 0.05) is 5.92 Å². The number of rotatable bonds is 2. The van der Waals surface area contributed by atoms with E-state index in [0.29, 0.717) is 0 Å². The summed E-state index contributed by atoms with van der Waals surface area (Å²) in [5, 5.41) is 0. The maximum absolute atomic E-state index is 2.43. The van der Waals surface area contributed by atoms with Crippen molar-refractivity contribution in [1.29, 1.82) is 0 Å². The summed E-state index contributed by atoms with van der Waals surface area (Å²) in [5.74, 6) is 1.06. The van der Waals surface area contributed by atoms with Crippen LogP contribution in [0.3, 0.4) is 0 Å². The van der Waals surface area contributed by atoms with Crippen molar-refractivity contribution < 1.29 is 0 Å². The Balaban J connectivity index is 2.06. The molecule has 0 saturated heterocycles. The lowest BCUT2D eigenvalue weighted by Gasteiger charge is -1.98. The third-order valence-corrected chi connectivity index (χ3v) is 1.98. The van der Waals surface area contributed by atoms with Gasteiger partial charge < -0.3 is 0 Å². The maximum Gasteiger partial charge on any atom is 0.0905 e. The van der Waals surface area contributed by atoms with Gasteiger partial charge >= 0.3 is 0 Å². The monoisotopic (exact) mass is 111 g/mol. The largest absolute Gasteiger partial charge is 0.0905 e. The summed E-state index contributed by atoms with van der Waals surface area (Å²) >= 11 is 0. The lowest BCUT2D eigenvalue weighted by Crippen LogP contribution is -1.89. The molecule has 1 fully saturated rings. The van der Waals surface area contributed by atoms with E-state index in [0.717, 1.165) is 5.92 Å². The molecule has 0 aromatic carbocycles. The summed E-state index contributed by atoms with van der Waals surface area (Å²) in [6.45, 7) is 2.28. The Morgan fingerprint density at radius 1 is 1.62 bits per heavy atom. The summed E-state index contributed by atoms with van der Waals surface area (Å²) in [6, 6.07) is 0. The average Bonchev–Trinajstić information content (AvgIpc) is 2.19. The van der Waals surface area contributed by atoms with E-state index in [1.165, 1.54) is 32.1 Å². The molecule has 0 heteroatoms. The molecule has 1 aliphatic rings. The van der Waals surface area contributed by atoms with Gasteiger partial charge in [-0.05, 0) is 12.8 Å². The van der Waals surface area contributed by atoms with Crippen molar-refractivity contribution in [2.24, 2.45) is 5.92 Å². The van der Waals surface area contributed by atoms with E-state index in [4.69, 9.17) is 0 Å². The molecule has 0 spiro atoms. The topological polar surface area (TPSA) is 0 Å². The quantitative estimate of drug-likeness (QED) is 0.481. The Morgan fingerprint density at radius 3 is 3.00 bits per heavy atom. The fourth-order valence-electron chi connectivity index (χ4n) is 1.50. The minimum absolute atomic E-state index is 1.06. The summed E-state index contributed by atoms with van der Waals surface area (Å²) in [5.41, 5.74) is 0. The van der Waals surface area contributed by atoms with E-state index < -0.39 is 0 Å². The number of hydrogen-bond acceptors (Lipinski definition) is 0. The van der Waals surface area contributed by atoms with Gasteiger partial charge in [-0.3, -0.25) is 0 Å². The van der Waals surface area contributed by atoms with Crippen LogP contribution in [0, 0.1) is 12.3 Å². The molecule has 0 bridgehead atoms. The van der Waals surface area contributed by atoms with Gasteiger partial charge in [0.15, 0.2) is 0 Å². The van der Waals surface area contributed by atoms with Gasteiger partial charge in [-0.2, -0.15) is 0 Å². The van der Waals surface area contributed by atoms with Crippen LogP contribution in [0.15, 0.2) is 0 Å². The molecule has 46 valence electrons. The second-order valence-electron chi connectivity index (χ2n) is 2.76. The van der Waals surface area contributed by atoms with Gasteiger partial charge in [-0.1, -0.05) is 13.3 Å². The van der Waals surface area contributed by atoms with E-state index in [2.05, 4.69) is 13.3 Å². The highest BCUT2D eigenvalue weighted by atomic mass is 14.2. The second kappa shape index (κ2) is 3.01. The van der Waals surface area contributed by atoms with Crippen molar-refractivity contribution >= 4 is 0 Å². The Hall–Kier alpha value is -0.130. The average molecular weight is 111 g/mol. The van der Waals surface area contributed by atoms with E-state index in [1.807, 2.05) is 0 Å². The van der Waals surface area contributed by atoms with Crippen LogP contribution in [-0.4, -0.2) is 0 Å². The smallest absolute Gasteiger partial charge is 0.0654 e. The van der Waals surface area contributed by atoms with Crippen LogP contribution in [0.25, 0.3) is 0 Å². The molecular weight excluding hydrogens is 96.1 g/mol. The zero-order valence-corrected chi connectivity index (χ0v) is 5.69. The highest BCUT2D eigenvalue weighted by Crippen LogP contribution is 2.27. The first kappa shape index (κ1) is 6.00. The molecule has 1 saturated carbocycles. The molecule has 8 heavy (non-hydrogen) atoms. The lowest BCUT2D eigenvalue weighted by atomic mass is 10.0. The van der Waals surface area contributed by atoms with Gasteiger partial charge in [0.2, 0.25) is 0 Å². The van der Waals surface area contributed by atoms with Gasteiger partial charge in [0.1, 0.15) is 0 Å². The molecule has 1 atom stereocenters. The van der Waals surface area contributed by atoms with E-state index in [9.17, 15) is 0 Å². The van der Waals surface area contributed by atoms with Crippen molar-refractivity contribution in [2.45, 2.75) is 39.0 Å². The standard InChI is InChI=1S/C8H15/c1-2-5-8-6-3-4-7-8/h3,8H,2,4-7H2,1H3/q+1. The molecule has 1 aliphatic carbocycles. The highest BCUT2D eigenvalue weighted by Gasteiger charge is 2.20. The molecule has 1 unspecified atom stereocenters. The zero-order chi connectivity index (χ0) is 5.82.